The quantitative estimate of drug-likeness (QED) is 0.843. The lowest BCUT2D eigenvalue weighted by Crippen LogP contribution is -2.44. The van der Waals surface area contributed by atoms with Gasteiger partial charge in [-0.3, -0.25) is 15.1 Å². The first-order chi connectivity index (χ1) is 10.6. The summed E-state index contributed by atoms with van der Waals surface area (Å²) in [7, 11) is 0. The second-order valence-corrected chi connectivity index (χ2v) is 6.26. The molecule has 2 rings (SSSR count). The van der Waals surface area contributed by atoms with E-state index < -0.39 is 0 Å². The Morgan fingerprint density at radius 2 is 2.14 bits per heavy atom. The first-order valence-corrected chi connectivity index (χ1v) is 8.10. The van der Waals surface area contributed by atoms with Crippen LogP contribution in [0.3, 0.4) is 0 Å². The van der Waals surface area contributed by atoms with E-state index in [1.165, 1.54) is 0 Å². The van der Waals surface area contributed by atoms with E-state index >= 15 is 0 Å². The predicted octanol–water partition coefficient (Wildman–Crippen LogP) is 1.97. The van der Waals surface area contributed by atoms with Crippen molar-refractivity contribution >= 4 is 5.91 Å². The van der Waals surface area contributed by atoms with Crippen molar-refractivity contribution in [1.29, 1.82) is 0 Å². The highest BCUT2D eigenvalue weighted by molar-refractivity contribution is 5.78. The van der Waals surface area contributed by atoms with Gasteiger partial charge < -0.3 is 10.1 Å². The van der Waals surface area contributed by atoms with E-state index in [-0.39, 0.29) is 18.0 Å². The molecular formula is C17H27N3O2. The minimum Gasteiger partial charge on any atom is -0.381 e. The zero-order chi connectivity index (χ0) is 15.9. The van der Waals surface area contributed by atoms with Gasteiger partial charge >= 0.3 is 0 Å². The van der Waals surface area contributed by atoms with Gasteiger partial charge in [0.15, 0.2) is 0 Å². The number of carbonyl (C=O) groups excluding carboxylic acids is 1. The highest BCUT2D eigenvalue weighted by Gasteiger charge is 2.21. The molecule has 1 fully saturated rings. The van der Waals surface area contributed by atoms with Crippen molar-refractivity contribution < 1.29 is 9.53 Å². The number of nitrogens with zero attached hydrogens (tertiary/aromatic N) is 1. The number of carbonyl (C=O) groups is 1. The lowest BCUT2D eigenvalue weighted by molar-refractivity contribution is -0.121. The monoisotopic (exact) mass is 305 g/mol. The van der Waals surface area contributed by atoms with Gasteiger partial charge in [0.25, 0.3) is 0 Å². The number of nitrogens with one attached hydrogen (secondary N) is 2. The Morgan fingerprint density at radius 1 is 1.41 bits per heavy atom. The van der Waals surface area contributed by atoms with E-state index in [1.54, 1.807) is 0 Å². The molecule has 22 heavy (non-hydrogen) atoms. The maximum absolute atomic E-state index is 12.1. The second-order valence-electron chi connectivity index (χ2n) is 6.26. The fourth-order valence-corrected chi connectivity index (χ4v) is 2.79. The van der Waals surface area contributed by atoms with E-state index in [0.29, 0.717) is 12.5 Å². The van der Waals surface area contributed by atoms with Crippen LogP contribution in [0.4, 0.5) is 0 Å². The van der Waals surface area contributed by atoms with Gasteiger partial charge in [-0.1, -0.05) is 19.9 Å². The minimum absolute atomic E-state index is 0.0473. The Bertz CT molecular complexity index is 485. The highest BCUT2D eigenvalue weighted by atomic mass is 16.5. The first kappa shape index (κ1) is 16.9. The van der Waals surface area contributed by atoms with Crippen LogP contribution < -0.4 is 10.6 Å². The summed E-state index contributed by atoms with van der Waals surface area (Å²) in [6, 6.07) is 4.33. The van der Waals surface area contributed by atoms with Crippen LogP contribution in [0.1, 0.15) is 44.0 Å². The Hall–Kier alpha value is -1.46. The number of aromatic nitrogens is 1. The molecule has 1 aliphatic rings. The molecule has 5 heteroatoms. The number of rotatable bonds is 6. The topological polar surface area (TPSA) is 63.2 Å². The average molecular weight is 305 g/mol. The Labute approximate surface area is 132 Å². The van der Waals surface area contributed by atoms with Crippen LogP contribution in [0.25, 0.3) is 0 Å². The van der Waals surface area contributed by atoms with Gasteiger partial charge in [-0.2, -0.15) is 0 Å². The largest absolute Gasteiger partial charge is 0.381 e. The molecule has 1 aromatic heterocycles. The summed E-state index contributed by atoms with van der Waals surface area (Å²) in [5.74, 6) is 0.413. The molecule has 0 bridgehead atoms. The van der Waals surface area contributed by atoms with Crippen molar-refractivity contribution in [2.24, 2.45) is 5.92 Å². The maximum Gasteiger partial charge on any atom is 0.234 e. The van der Waals surface area contributed by atoms with Crippen LogP contribution in [0.5, 0.6) is 0 Å². The molecule has 0 aliphatic carbocycles. The van der Waals surface area contributed by atoms with Crippen LogP contribution in [0.2, 0.25) is 0 Å². The molecule has 0 spiro atoms. The van der Waals surface area contributed by atoms with Gasteiger partial charge in [-0.05, 0) is 37.3 Å². The molecular weight excluding hydrogens is 278 g/mol. The van der Waals surface area contributed by atoms with Crippen molar-refractivity contribution in [3.05, 3.63) is 29.6 Å². The van der Waals surface area contributed by atoms with Crippen molar-refractivity contribution in [2.45, 2.75) is 45.7 Å². The fourth-order valence-electron chi connectivity index (χ4n) is 2.79. The molecule has 5 nitrogen and oxygen atoms in total. The summed E-state index contributed by atoms with van der Waals surface area (Å²) in [4.78, 5) is 16.6. The summed E-state index contributed by atoms with van der Waals surface area (Å²) >= 11 is 0. The standard InChI is InChI=1S/C17H27N3O2/c1-12(2)16(17-13(3)5-4-8-18-17)19-11-15(21)20-14-6-9-22-10-7-14/h4-5,8,12,14,16,19H,6-7,9-11H2,1-3H3,(H,20,21)/t16-/m1/s1. The molecule has 1 saturated heterocycles. The Balaban J connectivity index is 1.89. The second kappa shape index (κ2) is 8.25. The van der Waals surface area contributed by atoms with Crippen LogP contribution in [-0.4, -0.2) is 36.7 Å². The van der Waals surface area contributed by atoms with E-state index in [0.717, 1.165) is 37.3 Å². The minimum atomic E-state index is 0.0473. The zero-order valence-corrected chi connectivity index (χ0v) is 13.8. The van der Waals surface area contributed by atoms with Gasteiger partial charge in [0.1, 0.15) is 0 Å². The van der Waals surface area contributed by atoms with Crippen molar-refractivity contribution in [1.82, 2.24) is 15.6 Å². The average Bonchev–Trinajstić information content (AvgIpc) is 2.50. The van der Waals surface area contributed by atoms with Crippen LogP contribution >= 0.6 is 0 Å². The zero-order valence-electron chi connectivity index (χ0n) is 13.8. The first-order valence-electron chi connectivity index (χ1n) is 8.10. The Kier molecular flexibility index (Phi) is 6.34. The number of aryl methyl sites for hydroxylation is 1. The smallest absolute Gasteiger partial charge is 0.234 e. The van der Waals surface area contributed by atoms with Gasteiger partial charge in [0.2, 0.25) is 5.91 Å². The van der Waals surface area contributed by atoms with Crippen molar-refractivity contribution in [2.75, 3.05) is 19.8 Å². The summed E-state index contributed by atoms with van der Waals surface area (Å²) in [6.07, 6.45) is 3.61. The molecule has 1 amide bonds. The summed E-state index contributed by atoms with van der Waals surface area (Å²) in [5.41, 5.74) is 2.18. The molecule has 0 aromatic carbocycles. The van der Waals surface area contributed by atoms with Gasteiger partial charge in [-0.15, -0.1) is 0 Å². The van der Waals surface area contributed by atoms with Gasteiger partial charge in [0.05, 0.1) is 18.3 Å². The SMILES string of the molecule is Cc1cccnc1[C@H](NCC(=O)NC1CCOCC1)C(C)C. The van der Waals surface area contributed by atoms with Gasteiger partial charge in [-0.25, -0.2) is 0 Å². The van der Waals surface area contributed by atoms with E-state index in [2.05, 4.69) is 42.5 Å². The predicted molar refractivity (Wildman–Crippen MR) is 86.5 cm³/mol. The number of hydrogen-bond acceptors (Lipinski definition) is 4. The lowest BCUT2D eigenvalue weighted by Gasteiger charge is -2.25. The highest BCUT2D eigenvalue weighted by Crippen LogP contribution is 2.22. The van der Waals surface area contributed by atoms with Crippen molar-refractivity contribution in [3.8, 4) is 0 Å². The number of pyridine rings is 1. The van der Waals surface area contributed by atoms with Crippen LogP contribution in [0, 0.1) is 12.8 Å². The van der Waals surface area contributed by atoms with Gasteiger partial charge in [0, 0.05) is 25.5 Å². The molecule has 1 aromatic rings. The number of hydrogen-bond donors (Lipinski definition) is 2. The van der Waals surface area contributed by atoms with E-state index in [4.69, 9.17) is 4.74 Å². The summed E-state index contributed by atoms with van der Waals surface area (Å²) < 4.78 is 5.31. The van der Waals surface area contributed by atoms with Crippen molar-refractivity contribution in [3.63, 3.8) is 0 Å². The molecule has 0 saturated carbocycles. The molecule has 0 radical (unpaired) electrons. The molecule has 2 N–H and O–H groups in total. The van der Waals surface area contributed by atoms with Crippen LogP contribution in [-0.2, 0) is 9.53 Å². The number of amides is 1. The fraction of sp³-hybridized carbons (Fsp3) is 0.647. The van der Waals surface area contributed by atoms with E-state index in [1.807, 2.05) is 12.3 Å². The third kappa shape index (κ3) is 4.78. The molecule has 0 unspecified atom stereocenters. The Morgan fingerprint density at radius 3 is 2.77 bits per heavy atom. The lowest BCUT2D eigenvalue weighted by atomic mass is 9.97. The van der Waals surface area contributed by atoms with E-state index in [9.17, 15) is 4.79 Å². The number of ether oxygens (including phenoxy) is 1. The molecule has 1 aliphatic heterocycles. The third-order valence-electron chi connectivity index (χ3n) is 4.08. The normalized spacial score (nSPS) is 17.5. The maximum atomic E-state index is 12.1. The molecule has 2 heterocycles. The molecule has 1 atom stereocenters. The molecule has 122 valence electrons. The van der Waals surface area contributed by atoms with Crippen LogP contribution in [0.15, 0.2) is 18.3 Å². The summed E-state index contributed by atoms with van der Waals surface area (Å²) in [6.45, 7) is 8.13. The third-order valence-corrected chi connectivity index (χ3v) is 4.08. The summed E-state index contributed by atoms with van der Waals surface area (Å²) in [5, 5.41) is 6.44.